The lowest BCUT2D eigenvalue weighted by Gasteiger charge is -2.21. The molecule has 1 aromatic carbocycles. The molecule has 0 amide bonds. The normalized spacial score (nSPS) is 13.1. The second kappa shape index (κ2) is 6.97. The Labute approximate surface area is 104 Å². The van der Waals surface area contributed by atoms with E-state index < -0.39 is 0 Å². The second-order valence-corrected chi connectivity index (χ2v) is 5.96. The number of rotatable bonds is 6. The molecule has 0 aliphatic heterocycles. The van der Waals surface area contributed by atoms with Crippen LogP contribution in [0.3, 0.4) is 0 Å². The van der Waals surface area contributed by atoms with Crippen molar-refractivity contribution in [2.24, 2.45) is 0 Å². The number of thioether (sulfide) groups is 1. The van der Waals surface area contributed by atoms with Crippen molar-refractivity contribution in [3.8, 4) is 0 Å². The van der Waals surface area contributed by atoms with Crippen LogP contribution < -0.4 is 5.32 Å². The molecule has 1 N–H and O–H groups in total. The van der Waals surface area contributed by atoms with Gasteiger partial charge in [0.25, 0.3) is 0 Å². The van der Waals surface area contributed by atoms with Gasteiger partial charge in [-0.1, -0.05) is 45.0 Å². The van der Waals surface area contributed by atoms with Crippen LogP contribution in [-0.4, -0.2) is 17.5 Å². The van der Waals surface area contributed by atoms with Gasteiger partial charge in [-0.05, 0) is 29.8 Å². The van der Waals surface area contributed by atoms with E-state index in [1.807, 2.05) is 11.8 Å². The standard InChI is InChI=1S/C14H23NS/c1-5-15-14(10-16-11(2)3)13-9-7-6-8-12(13)4/h6-9,11,14-15H,5,10H2,1-4H3. The minimum Gasteiger partial charge on any atom is -0.310 e. The summed E-state index contributed by atoms with van der Waals surface area (Å²) >= 11 is 2.02. The summed E-state index contributed by atoms with van der Waals surface area (Å²) in [5, 5.41) is 4.27. The predicted molar refractivity (Wildman–Crippen MR) is 75.2 cm³/mol. The molecule has 0 aliphatic carbocycles. The molecule has 0 fully saturated rings. The highest BCUT2D eigenvalue weighted by Crippen LogP contribution is 2.23. The Bertz CT molecular complexity index is 309. The lowest BCUT2D eigenvalue weighted by atomic mass is 10.0. The fourth-order valence-corrected chi connectivity index (χ4v) is 2.65. The molecule has 0 radical (unpaired) electrons. The highest BCUT2D eigenvalue weighted by molar-refractivity contribution is 7.99. The van der Waals surface area contributed by atoms with Crippen molar-refractivity contribution in [2.75, 3.05) is 12.3 Å². The molecule has 0 bridgehead atoms. The largest absolute Gasteiger partial charge is 0.310 e. The third-order valence-electron chi connectivity index (χ3n) is 2.61. The zero-order valence-corrected chi connectivity index (χ0v) is 11.6. The molecule has 0 saturated heterocycles. The third kappa shape index (κ3) is 4.18. The van der Waals surface area contributed by atoms with Crippen LogP contribution in [0.5, 0.6) is 0 Å². The summed E-state index contributed by atoms with van der Waals surface area (Å²) in [6, 6.07) is 9.16. The number of hydrogen-bond donors (Lipinski definition) is 1. The molecular weight excluding hydrogens is 214 g/mol. The maximum atomic E-state index is 3.57. The van der Waals surface area contributed by atoms with Crippen LogP contribution in [0.4, 0.5) is 0 Å². The fraction of sp³-hybridized carbons (Fsp3) is 0.571. The van der Waals surface area contributed by atoms with Crippen molar-refractivity contribution < 1.29 is 0 Å². The van der Waals surface area contributed by atoms with Crippen molar-refractivity contribution >= 4 is 11.8 Å². The average Bonchev–Trinajstić information content (AvgIpc) is 2.25. The first-order chi connectivity index (χ1) is 7.65. The van der Waals surface area contributed by atoms with Crippen molar-refractivity contribution in [1.82, 2.24) is 5.32 Å². The molecule has 1 nitrogen and oxygen atoms in total. The van der Waals surface area contributed by atoms with Gasteiger partial charge in [-0.25, -0.2) is 0 Å². The van der Waals surface area contributed by atoms with Crippen LogP contribution in [-0.2, 0) is 0 Å². The third-order valence-corrected chi connectivity index (χ3v) is 3.80. The summed E-state index contributed by atoms with van der Waals surface area (Å²) in [5.41, 5.74) is 2.83. The first kappa shape index (κ1) is 13.6. The van der Waals surface area contributed by atoms with E-state index >= 15 is 0 Å². The van der Waals surface area contributed by atoms with Crippen molar-refractivity contribution in [2.45, 2.75) is 39.0 Å². The Morgan fingerprint density at radius 2 is 1.94 bits per heavy atom. The fourth-order valence-electron chi connectivity index (χ4n) is 1.77. The Morgan fingerprint density at radius 1 is 1.25 bits per heavy atom. The second-order valence-electron chi connectivity index (χ2n) is 4.35. The van der Waals surface area contributed by atoms with Crippen LogP contribution in [0.15, 0.2) is 24.3 Å². The van der Waals surface area contributed by atoms with Gasteiger partial charge in [0, 0.05) is 11.8 Å². The zero-order chi connectivity index (χ0) is 12.0. The van der Waals surface area contributed by atoms with E-state index in [-0.39, 0.29) is 0 Å². The molecule has 16 heavy (non-hydrogen) atoms. The van der Waals surface area contributed by atoms with E-state index in [2.05, 4.69) is 57.3 Å². The summed E-state index contributed by atoms with van der Waals surface area (Å²) < 4.78 is 0. The number of aryl methyl sites for hydroxylation is 1. The molecule has 0 aromatic heterocycles. The predicted octanol–water partition coefficient (Wildman–Crippen LogP) is 3.79. The maximum absolute atomic E-state index is 3.57. The monoisotopic (exact) mass is 237 g/mol. The molecule has 90 valence electrons. The number of nitrogens with one attached hydrogen (secondary N) is 1. The molecule has 1 aromatic rings. The summed E-state index contributed by atoms with van der Waals surface area (Å²) in [4.78, 5) is 0. The van der Waals surface area contributed by atoms with Gasteiger partial charge in [-0.2, -0.15) is 11.8 Å². The molecule has 1 rings (SSSR count). The maximum Gasteiger partial charge on any atom is 0.0414 e. The lowest BCUT2D eigenvalue weighted by Crippen LogP contribution is -2.24. The summed E-state index contributed by atoms with van der Waals surface area (Å²) in [5.74, 6) is 1.15. The van der Waals surface area contributed by atoms with Gasteiger partial charge in [0.05, 0.1) is 0 Å². The topological polar surface area (TPSA) is 12.0 Å². The van der Waals surface area contributed by atoms with E-state index in [0.717, 1.165) is 12.3 Å². The minimum atomic E-state index is 0.485. The zero-order valence-electron chi connectivity index (χ0n) is 10.8. The quantitative estimate of drug-likeness (QED) is 0.808. The SMILES string of the molecule is CCNC(CSC(C)C)c1ccccc1C. The molecular formula is C14H23NS. The Morgan fingerprint density at radius 3 is 2.50 bits per heavy atom. The number of benzene rings is 1. The van der Waals surface area contributed by atoms with Gasteiger partial charge < -0.3 is 5.32 Å². The van der Waals surface area contributed by atoms with E-state index in [4.69, 9.17) is 0 Å². The van der Waals surface area contributed by atoms with Gasteiger partial charge in [0.15, 0.2) is 0 Å². The van der Waals surface area contributed by atoms with Gasteiger partial charge in [-0.3, -0.25) is 0 Å². The Balaban J connectivity index is 2.73. The van der Waals surface area contributed by atoms with Crippen LogP contribution in [0.2, 0.25) is 0 Å². The van der Waals surface area contributed by atoms with E-state index in [1.54, 1.807) is 0 Å². The molecule has 1 unspecified atom stereocenters. The molecule has 0 spiro atoms. The first-order valence-electron chi connectivity index (χ1n) is 6.05. The smallest absolute Gasteiger partial charge is 0.0414 e. The molecule has 1 atom stereocenters. The van der Waals surface area contributed by atoms with Gasteiger partial charge >= 0.3 is 0 Å². The molecule has 2 heteroatoms. The summed E-state index contributed by atoms with van der Waals surface area (Å²) in [7, 11) is 0. The highest BCUT2D eigenvalue weighted by Gasteiger charge is 2.12. The van der Waals surface area contributed by atoms with Crippen molar-refractivity contribution in [1.29, 1.82) is 0 Å². The van der Waals surface area contributed by atoms with Crippen molar-refractivity contribution in [3.63, 3.8) is 0 Å². The van der Waals surface area contributed by atoms with E-state index in [0.29, 0.717) is 11.3 Å². The van der Waals surface area contributed by atoms with Crippen molar-refractivity contribution in [3.05, 3.63) is 35.4 Å². The van der Waals surface area contributed by atoms with Gasteiger partial charge in [0.1, 0.15) is 0 Å². The van der Waals surface area contributed by atoms with Crippen LogP contribution in [0.1, 0.15) is 37.9 Å². The van der Waals surface area contributed by atoms with Crippen LogP contribution >= 0.6 is 11.8 Å². The minimum absolute atomic E-state index is 0.485. The van der Waals surface area contributed by atoms with Gasteiger partial charge in [0.2, 0.25) is 0 Å². The lowest BCUT2D eigenvalue weighted by molar-refractivity contribution is 0.602. The molecule has 0 heterocycles. The van der Waals surface area contributed by atoms with Gasteiger partial charge in [-0.15, -0.1) is 0 Å². The van der Waals surface area contributed by atoms with E-state index in [1.165, 1.54) is 11.1 Å². The van der Waals surface area contributed by atoms with Crippen LogP contribution in [0.25, 0.3) is 0 Å². The highest BCUT2D eigenvalue weighted by atomic mass is 32.2. The van der Waals surface area contributed by atoms with E-state index in [9.17, 15) is 0 Å². The Hall–Kier alpha value is -0.470. The first-order valence-corrected chi connectivity index (χ1v) is 7.10. The summed E-state index contributed by atoms with van der Waals surface area (Å²) in [6.45, 7) is 9.90. The molecule has 0 saturated carbocycles. The van der Waals surface area contributed by atoms with Crippen LogP contribution in [0, 0.1) is 6.92 Å². The number of hydrogen-bond acceptors (Lipinski definition) is 2. The summed E-state index contributed by atoms with van der Waals surface area (Å²) in [6.07, 6.45) is 0. The average molecular weight is 237 g/mol. The molecule has 0 aliphatic rings. The Kier molecular flexibility index (Phi) is 5.93.